The number of hydrogen-bond acceptors (Lipinski definition) is 2. The number of amides is 1. The standard InChI is InChI=1S/C15H21NO4/c1-2-3-4-5-6-7-8-12-9-10-16(15(19)20)11-13(12)14(17)18/h2-6,9-11H2,1H3,(H,17,18)(H,19,20). The minimum Gasteiger partial charge on any atom is -0.478 e. The first kappa shape index (κ1) is 16.1. The van der Waals surface area contributed by atoms with Gasteiger partial charge in [-0.25, -0.2) is 9.59 Å². The molecule has 0 spiro atoms. The molecule has 0 unspecified atom stereocenters. The van der Waals surface area contributed by atoms with Crippen molar-refractivity contribution in [2.75, 3.05) is 13.1 Å². The number of carboxylic acid groups (broad SMARTS) is 2. The molecule has 0 aliphatic carbocycles. The van der Waals surface area contributed by atoms with Crippen molar-refractivity contribution in [2.45, 2.75) is 45.4 Å². The lowest BCUT2D eigenvalue weighted by molar-refractivity contribution is -0.133. The second-order valence-corrected chi connectivity index (χ2v) is 4.83. The van der Waals surface area contributed by atoms with Crippen LogP contribution in [0, 0.1) is 11.8 Å². The van der Waals surface area contributed by atoms with E-state index in [4.69, 9.17) is 10.2 Å². The maximum Gasteiger partial charge on any atom is 0.407 e. The van der Waals surface area contributed by atoms with Crippen molar-refractivity contribution in [3.8, 4) is 11.8 Å². The number of carboxylic acids is 1. The van der Waals surface area contributed by atoms with Crippen molar-refractivity contribution in [1.29, 1.82) is 0 Å². The van der Waals surface area contributed by atoms with Crippen molar-refractivity contribution in [3.63, 3.8) is 0 Å². The molecule has 1 aliphatic rings. The predicted molar refractivity (Wildman–Crippen MR) is 75.4 cm³/mol. The highest BCUT2D eigenvalue weighted by Gasteiger charge is 2.25. The predicted octanol–water partition coefficient (Wildman–Crippen LogP) is 2.73. The molecular formula is C15H21NO4. The van der Waals surface area contributed by atoms with Gasteiger partial charge in [0.2, 0.25) is 0 Å². The van der Waals surface area contributed by atoms with Crippen LogP contribution < -0.4 is 0 Å². The van der Waals surface area contributed by atoms with Crippen LogP contribution in [0.15, 0.2) is 11.1 Å². The molecule has 0 aromatic carbocycles. The Labute approximate surface area is 119 Å². The molecular weight excluding hydrogens is 258 g/mol. The Bertz CT molecular complexity index is 456. The largest absolute Gasteiger partial charge is 0.478 e. The van der Waals surface area contributed by atoms with Gasteiger partial charge in [0.05, 0.1) is 12.1 Å². The number of unbranched alkanes of at least 4 members (excludes halogenated alkanes) is 4. The fourth-order valence-electron chi connectivity index (χ4n) is 2.07. The van der Waals surface area contributed by atoms with Crippen LogP contribution in [-0.2, 0) is 4.79 Å². The zero-order chi connectivity index (χ0) is 15.0. The topological polar surface area (TPSA) is 77.8 Å². The molecule has 0 aromatic heterocycles. The van der Waals surface area contributed by atoms with Crippen LogP contribution in [0.3, 0.4) is 0 Å². The number of aliphatic carboxylic acids is 1. The summed E-state index contributed by atoms with van der Waals surface area (Å²) in [6, 6.07) is 0. The fourth-order valence-corrected chi connectivity index (χ4v) is 2.07. The second-order valence-electron chi connectivity index (χ2n) is 4.83. The molecule has 1 amide bonds. The summed E-state index contributed by atoms with van der Waals surface area (Å²) in [7, 11) is 0. The van der Waals surface area contributed by atoms with E-state index in [2.05, 4.69) is 18.8 Å². The fraction of sp³-hybridized carbons (Fsp3) is 0.600. The first-order chi connectivity index (χ1) is 9.56. The first-order valence-corrected chi connectivity index (χ1v) is 6.98. The van der Waals surface area contributed by atoms with Crippen molar-refractivity contribution in [2.24, 2.45) is 0 Å². The molecule has 20 heavy (non-hydrogen) atoms. The molecule has 1 rings (SSSR count). The zero-order valence-electron chi connectivity index (χ0n) is 11.8. The van der Waals surface area contributed by atoms with E-state index in [1.54, 1.807) is 0 Å². The third kappa shape index (κ3) is 4.96. The highest BCUT2D eigenvalue weighted by Crippen LogP contribution is 2.18. The van der Waals surface area contributed by atoms with E-state index in [1.807, 2.05) is 0 Å². The Morgan fingerprint density at radius 3 is 2.60 bits per heavy atom. The Kier molecular flexibility index (Phi) is 6.65. The Morgan fingerprint density at radius 2 is 2.00 bits per heavy atom. The molecule has 110 valence electrons. The maximum absolute atomic E-state index is 11.2. The summed E-state index contributed by atoms with van der Waals surface area (Å²) in [6.07, 6.45) is 4.59. The van der Waals surface area contributed by atoms with Crippen LogP contribution >= 0.6 is 0 Å². The van der Waals surface area contributed by atoms with Crippen molar-refractivity contribution < 1.29 is 19.8 Å². The lowest BCUT2D eigenvalue weighted by Gasteiger charge is -2.25. The molecule has 5 heteroatoms. The normalized spacial score (nSPS) is 14.8. The van der Waals surface area contributed by atoms with Crippen molar-refractivity contribution >= 4 is 12.1 Å². The summed E-state index contributed by atoms with van der Waals surface area (Å²) in [5, 5.41) is 18.0. The third-order valence-electron chi connectivity index (χ3n) is 3.27. The second kappa shape index (κ2) is 8.26. The van der Waals surface area contributed by atoms with E-state index in [9.17, 15) is 9.59 Å². The molecule has 0 fully saturated rings. The SMILES string of the molecule is CCCCCCC#CC1=C(C(=O)O)CN(C(=O)O)CC1. The van der Waals surface area contributed by atoms with Crippen LogP contribution in [0.25, 0.3) is 0 Å². The van der Waals surface area contributed by atoms with Crippen molar-refractivity contribution in [1.82, 2.24) is 4.90 Å². The van der Waals surface area contributed by atoms with Gasteiger partial charge in [0.1, 0.15) is 0 Å². The van der Waals surface area contributed by atoms with Crippen LogP contribution in [0.4, 0.5) is 4.79 Å². The molecule has 0 atom stereocenters. The number of carbonyl (C=O) groups is 2. The van der Waals surface area contributed by atoms with E-state index in [-0.39, 0.29) is 12.1 Å². The van der Waals surface area contributed by atoms with Gasteiger partial charge >= 0.3 is 12.1 Å². The van der Waals surface area contributed by atoms with E-state index in [1.165, 1.54) is 12.8 Å². The van der Waals surface area contributed by atoms with E-state index in [0.717, 1.165) is 24.2 Å². The van der Waals surface area contributed by atoms with E-state index < -0.39 is 12.1 Å². The van der Waals surface area contributed by atoms with Gasteiger partial charge in [0.15, 0.2) is 0 Å². The van der Waals surface area contributed by atoms with Gasteiger partial charge in [-0.1, -0.05) is 38.0 Å². The molecule has 0 bridgehead atoms. The van der Waals surface area contributed by atoms with Gasteiger partial charge in [0, 0.05) is 18.5 Å². The van der Waals surface area contributed by atoms with Gasteiger partial charge in [-0.3, -0.25) is 0 Å². The molecule has 0 saturated carbocycles. The average Bonchev–Trinajstić information content (AvgIpc) is 2.42. The van der Waals surface area contributed by atoms with Crippen LogP contribution in [0.2, 0.25) is 0 Å². The lowest BCUT2D eigenvalue weighted by Crippen LogP contribution is -2.37. The minimum atomic E-state index is -1.09. The van der Waals surface area contributed by atoms with E-state index >= 15 is 0 Å². The maximum atomic E-state index is 11.2. The average molecular weight is 279 g/mol. The number of rotatable bonds is 5. The summed E-state index contributed by atoms with van der Waals surface area (Å²) in [5.74, 6) is 4.85. The molecule has 5 nitrogen and oxygen atoms in total. The molecule has 2 N–H and O–H groups in total. The van der Waals surface area contributed by atoms with Crippen LogP contribution in [0.1, 0.15) is 45.4 Å². The summed E-state index contributed by atoms with van der Waals surface area (Å²) in [4.78, 5) is 23.1. The molecule has 0 radical (unpaired) electrons. The molecule has 1 heterocycles. The van der Waals surface area contributed by atoms with Crippen molar-refractivity contribution in [3.05, 3.63) is 11.1 Å². The van der Waals surface area contributed by atoms with E-state index in [0.29, 0.717) is 18.5 Å². The van der Waals surface area contributed by atoms with Crippen LogP contribution in [-0.4, -0.2) is 40.3 Å². The monoisotopic (exact) mass is 279 g/mol. The Balaban J connectivity index is 2.65. The summed E-state index contributed by atoms with van der Waals surface area (Å²) in [5.41, 5.74) is 0.685. The van der Waals surface area contributed by atoms with Gasteiger partial charge in [-0.15, -0.1) is 0 Å². The van der Waals surface area contributed by atoms with Gasteiger partial charge in [-0.05, 0) is 12.8 Å². The van der Waals surface area contributed by atoms with Gasteiger partial charge in [0.25, 0.3) is 0 Å². The van der Waals surface area contributed by atoms with Gasteiger partial charge < -0.3 is 15.1 Å². The Morgan fingerprint density at radius 1 is 1.25 bits per heavy atom. The molecule has 1 aliphatic heterocycles. The zero-order valence-corrected chi connectivity index (χ0v) is 11.8. The number of nitrogens with zero attached hydrogens (tertiary/aromatic N) is 1. The highest BCUT2D eigenvalue weighted by atomic mass is 16.4. The molecule has 0 aromatic rings. The highest BCUT2D eigenvalue weighted by molar-refractivity contribution is 5.90. The summed E-state index contributed by atoms with van der Waals surface area (Å²) in [6.45, 7) is 2.38. The third-order valence-corrected chi connectivity index (χ3v) is 3.27. The minimum absolute atomic E-state index is 0.0789. The number of hydrogen-bond donors (Lipinski definition) is 2. The summed E-state index contributed by atoms with van der Waals surface area (Å²) >= 11 is 0. The quantitative estimate of drug-likeness (QED) is 0.599. The smallest absolute Gasteiger partial charge is 0.407 e. The van der Waals surface area contributed by atoms with Gasteiger partial charge in [-0.2, -0.15) is 0 Å². The lowest BCUT2D eigenvalue weighted by atomic mass is 10.0. The first-order valence-electron chi connectivity index (χ1n) is 6.98. The Hall–Kier alpha value is -1.96. The van der Waals surface area contributed by atoms with Crippen LogP contribution in [0.5, 0.6) is 0 Å². The molecule has 0 saturated heterocycles. The summed E-state index contributed by atoms with van der Waals surface area (Å²) < 4.78 is 0.